The minimum absolute atomic E-state index is 0.0700. The molecule has 0 bridgehead atoms. The van der Waals surface area contributed by atoms with Crippen molar-refractivity contribution in [2.45, 2.75) is 0 Å². The van der Waals surface area contributed by atoms with Crippen LogP contribution in [0.25, 0.3) is 43.1 Å². The van der Waals surface area contributed by atoms with Crippen LogP contribution in [0.5, 0.6) is 23.0 Å². The Morgan fingerprint density at radius 2 is 0.712 bits per heavy atom. The molecule has 260 valence electrons. The second kappa shape index (κ2) is 13.0. The van der Waals surface area contributed by atoms with E-state index in [9.17, 15) is 29.4 Å². The molecule has 0 aliphatic carbocycles. The fourth-order valence-corrected chi connectivity index (χ4v) is 6.95. The highest BCUT2D eigenvalue weighted by Gasteiger charge is 2.33. The molecule has 7 aromatic carbocycles. The Balaban J connectivity index is 1.77. The fraction of sp³-hybridized carbons (Fsp3) is 0.100. The highest BCUT2D eigenvalue weighted by atomic mass is 16.5. The zero-order valence-corrected chi connectivity index (χ0v) is 28.2. The summed E-state index contributed by atoms with van der Waals surface area (Å²) in [6.07, 6.45) is 0. The van der Waals surface area contributed by atoms with Crippen LogP contribution in [-0.2, 0) is 0 Å². The lowest BCUT2D eigenvalue weighted by Gasteiger charge is -2.25. The molecule has 0 fully saturated rings. The monoisotopic (exact) mass is 698 g/mol. The maximum Gasteiger partial charge on any atom is 0.336 e. The number of carboxylic acid groups (broad SMARTS) is 2. The SMILES string of the molecule is COc1cc(C(=O)O)c2c(C(=O)O)cc(OC)c3c4c(OC)cc(C(=O)Nc5ccccc5)c5c(C(=O)Nc6ccccc6)cc(OC)c(c1c23)c54. The average molecular weight is 699 g/mol. The number of ether oxygens (including phenoxy) is 4. The van der Waals surface area contributed by atoms with Gasteiger partial charge in [0.1, 0.15) is 23.0 Å². The zero-order chi connectivity index (χ0) is 36.8. The molecule has 12 heteroatoms. The molecular weight excluding hydrogens is 668 g/mol. The van der Waals surface area contributed by atoms with Crippen LogP contribution in [0.3, 0.4) is 0 Å². The maximum absolute atomic E-state index is 14.3. The number of nitrogens with one attached hydrogen (secondary N) is 2. The normalized spacial score (nSPS) is 11.2. The van der Waals surface area contributed by atoms with E-state index in [1.54, 1.807) is 48.5 Å². The van der Waals surface area contributed by atoms with Gasteiger partial charge in [-0.25, -0.2) is 9.59 Å². The molecule has 0 saturated heterocycles. The quantitative estimate of drug-likeness (QED) is 0.0821. The van der Waals surface area contributed by atoms with Gasteiger partial charge in [-0.3, -0.25) is 9.59 Å². The summed E-state index contributed by atoms with van der Waals surface area (Å²) in [7, 11) is 5.51. The van der Waals surface area contributed by atoms with Crippen LogP contribution in [0, 0.1) is 0 Å². The molecule has 0 heterocycles. The number of carbonyl (C=O) groups is 4. The molecule has 0 radical (unpaired) electrons. The molecule has 2 amide bonds. The number of methoxy groups -OCH3 is 4. The van der Waals surface area contributed by atoms with Crippen molar-refractivity contribution in [3.05, 3.63) is 107 Å². The molecule has 7 rings (SSSR count). The summed E-state index contributed by atoms with van der Waals surface area (Å²) >= 11 is 0. The Morgan fingerprint density at radius 1 is 0.423 bits per heavy atom. The highest BCUT2D eigenvalue weighted by Crippen LogP contribution is 2.54. The van der Waals surface area contributed by atoms with Crippen molar-refractivity contribution in [1.29, 1.82) is 0 Å². The third-order valence-electron chi connectivity index (χ3n) is 9.06. The minimum atomic E-state index is -1.39. The first-order valence-corrected chi connectivity index (χ1v) is 15.8. The van der Waals surface area contributed by atoms with Gasteiger partial charge in [-0.2, -0.15) is 0 Å². The first kappa shape index (κ1) is 33.4. The number of amides is 2. The molecule has 0 unspecified atom stereocenters. The number of rotatable bonds is 10. The first-order chi connectivity index (χ1) is 25.1. The van der Waals surface area contributed by atoms with E-state index in [0.29, 0.717) is 27.5 Å². The summed E-state index contributed by atoms with van der Waals surface area (Å²) in [5.74, 6) is -3.44. The summed E-state index contributed by atoms with van der Waals surface area (Å²) in [6, 6.07) is 23.1. The van der Waals surface area contributed by atoms with Crippen LogP contribution < -0.4 is 29.6 Å². The maximum atomic E-state index is 14.3. The molecule has 7 aromatic rings. The molecule has 0 spiro atoms. The van der Waals surface area contributed by atoms with E-state index in [-0.39, 0.29) is 72.2 Å². The van der Waals surface area contributed by atoms with Crippen LogP contribution in [-0.4, -0.2) is 62.4 Å². The van der Waals surface area contributed by atoms with E-state index < -0.39 is 23.8 Å². The molecule has 0 aromatic heterocycles. The van der Waals surface area contributed by atoms with E-state index in [4.69, 9.17) is 18.9 Å². The van der Waals surface area contributed by atoms with Crippen LogP contribution in [0.15, 0.2) is 84.9 Å². The number of aromatic carboxylic acids is 2. The number of fused-ring (bicyclic) bond motifs is 2. The number of carbonyl (C=O) groups excluding carboxylic acids is 2. The van der Waals surface area contributed by atoms with Gasteiger partial charge < -0.3 is 39.8 Å². The van der Waals surface area contributed by atoms with Crippen molar-refractivity contribution >= 4 is 78.2 Å². The molecule has 4 N–H and O–H groups in total. The summed E-state index contributed by atoms with van der Waals surface area (Å²) in [6.45, 7) is 0. The third-order valence-corrected chi connectivity index (χ3v) is 9.06. The number of hydrogen-bond acceptors (Lipinski definition) is 8. The Bertz CT molecular complexity index is 2430. The lowest BCUT2D eigenvalue weighted by molar-refractivity contribution is 0.0695. The summed E-state index contributed by atoms with van der Waals surface area (Å²) < 4.78 is 23.6. The van der Waals surface area contributed by atoms with Gasteiger partial charge in [-0.05, 0) is 48.5 Å². The van der Waals surface area contributed by atoms with Crippen LogP contribution in [0.4, 0.5) is 11.4 Å². The standard InChI is InChI=1S/C40H30N2O10/c1-49-25-15-21(37(43)41-19-11-7-5-8-12-19)29-22(38(44)42-20-13-9-6-10-14-20)16-26(50-2)32-34-28(52-4)18-24(40(47)48)30-23(39(45)46)17-27(51-3)33(36(30)34)31(25)35(29)32/h5-18H,1-4H3,(H,41,43)(H,42,44)(H,45,46)(H,47,48). The molecule has 0 aliphatic heterocycles. The highest BCUT2D eigenvalue weighted by molar-refractivity contribution is 6.43. The number of hydrogen-bond donors (Lipinski definition) is 4. The smallest absolute Gasteiger partial charge is 0.336 e. The number of benzene rings is 7. The van der Waals surface area contributed by atoms with Gasteiger partial charge in [0, 0.05) is 54.5 Å². The second-order valence-corrected chi connectivity index (χ2v) is 11.8. The van der Waals surface area contributed by atoms with E-state index in [2.05, 4.69) is 10.6 Å². The average Bonchev–Trinajstić information content (AvgIpc) is 3.15. The van der Waals surface area contributed by atoms with E-state index >= 15 is 0 Å². The van der Waals surface area contributed by atoms with E-state index in [1.807, 2.05) is 12.1 Å². The van der Waals surface area contributed by atoms with Crippen molar-refractivity contribution in [3.63, 3.8) is 0 Å². The minimum Gasteiger partial charge on any atom is -0.496 e. The van der Waals surface area contributed by atoms with Crippen LogP contribution in [0.2, 0.25) is 0 Å². The second-order valence-electron chi connectivity index (χ2n) is 11.8. The summed E-state index contributed by atoms with van der Waals surface area (Å²) in [5.41, 5.74) is 0.493. The summed E-state index contributed by atoms with van der Waals surface area (Å²) in [5, 5.41) is 28.4. The Hall–Kier alpha value is -7.08. The van der Waals surface area contributed by atoms with Crippen molar-refractivity contribution < 1.29 is 48.3 Å². The van der Waals surface area contributed by atoms with Gasteiger partial charge in [0.25, 0.3) is 11.8 Å². The Kier molecular flexibility index (Phi) is 8.35. The topological polar surface area (TPSA) is 170 Å². The molecular formula is C40H30N2O10. The number of anilines is 2. The van der Waals surface area contributed by atoms with E-state index in [1.165, 1.54) is 52.7 Å². The van der Waals surface area contributed by atoms with Crippen molar-refractivity contribution in [2.75, 3.05) is 39.1 Å². The summed E-state index contributed by atoms with van der Waals surface area (Å²) in [4.78, 5) is 54.1. The molecule has 12 nitrogen and oxygen atoms in total. The van der Waals surface area contributed by atoms with Crippen LogP contribution in [0.1, 0.15) is 41.4 Å². The Labute approximate surface area is 295 Å². The molecule has 52 heavy (non-hydrogen) atoms. The third kappa shape index (κ3) is 5.16. The van der Waals surface area contributed by atoms with E-state index in [0.717, 1.165) is 0 Å². The molecule has 0 saturated carbocycles. The van der Waals surface area contributed by atoms with Gasteiger partial charge in [0.15, 0.2) is 0 Å². The molecule has 0 atom stereocenters. The van der Waals surface area contributed by atoms with Crippen molar-refractivity contribution in [1.82, 2.24) is 0 Å². The first-order valence-electron chi connectivity index (χ1n) is 15.8. The van der Waals surface area contributed by atoms with Crippen molar-refractivity contribution in [3.8, 4) is 23.0 Å². The van der Waals surface area contributed by atoms with Gasteiger partial charge >= 0.3 is 11.9 Å². The number of para-hydroxylation sites is 2. The number of carboxylic acids is 2. The molecule has 0 aliphatic rings. The zero-order valence-electron chi connectivity index (χ0n) is 28.2. The van der Waals surface area contributed by atoms with Crippen LogP contribution >= 0.6 is 0 Å². The fourth-order valence-electron chi connectivity index (χ4n) is 6.95. The predicted molar refractivity (Wildman–Crippen MR) is 197 cm³/mol. The van der Waals surface area contributed by atoms with Crippen molar-refractivity contribution in [2.24, 2.45) is 0 Å². The van der Waals surface area contributed by atoms with Gasteiger partial charge in [-0.1, -0.05) is 36.4 Å². The van der Waals surface area contributed by atoms with Gasteiger partial charge in [0.05, 0.1) is 50.7 Å². The lowest BCUT2D eigenvalue weighted by atomic mass is 9.82. The Morgan fingerprint density at radius 3 is 1.00 bits per heavy atom. The van der Waals surface area contributed by atoms with Gasteiger partial charge in [0.2, 0.25) is 0 Å². The largest absolute Gasteiger partial charge is 0.496 e. The predicted octanol–water partition coefficient (Wildman–Crippen LogP) is 7.67. The lowest BCUT2D eigenvalue weighted by Crippen LogP contribution is -2.17. The van der Waals surface area contributed by atoms with Gasteiger partial charge in [-0.15, -0.1) is 0 Å².